The molecular formula is C18H18F3N3O14P2. The van der Waals surface area contributed by atoms with E-state index in [1.54, 1.807) is 0 Å². The van der Waals surface area contributed by atoms with Gasteiger partial charge in [-0.1, -0.05) is 5.16 Å². The molecule has 0 amide bonds. The first kappa shape index (κ1) is 30.1. The van der Waals surface area contributed by atoms with Gasteiger partial charge in [0.2, 0.25) is 0 Å². The summed E-state index contributed by atoms with van der Waals surface area (Å²) >= 11 is 0. The number of hydrogen-bond acceptors (Lipinski definition) is 12. The molecule has 220 valence electrons. The third-order valence-corrected chi connectivity index (χ3v) is 7.53. The van der Waals surface area contributed by atoms with Gasteiger partial charge in [0.25, 0.3) is 5.56 Å². The Morgan fingerprint density at radius 3 is 2.42 bits per heavy atom. The van der Waals surface area contributed by atoms with Gasteiger partial charge in [0.05, 0.1) is 18.5 Å². The van der Waals surface area contributed by atoms with E-state index in [1.807, 2.05) is 0 Å². The average molecular weight is 619 g/mol. The number of aliphatic hydroxyl groups is 2. The summed E-state index contributed by atoms with van der Waals surface area (Å²) in [6, 6.07) is 3.89. The van der Waals surface area contributed by atoms with Crippen molar-refractivity contribution in [3.63, 3.8) is 0 Å². The molecule has 1 fully saturated rings. The number of phosphoric ester groups is 1. The van der Waals surface area contributed by atoms with Crippen LogP contribution in [-0.4, -0.2) is 70.5 Å². The maximum absolute atomic E-state index is 13.1. The number of benzene rings is 1. The molecular weight excluding hydrogens is 601 g/mol. The van der Waals surface area contributed by atoms with Crippen LogP contribution in [0.2, 0.25) is 0 Å². The molecule has 0 bridgehead atoms. The summed E-state index contributed by atoms with van der Waals surface area (Å²) in [4.78, 5) is 52.3. The van der Waals surface area contributed by atoms with Crippen LogP contribution in [0.5, 0.6) is 5.75 Å². The highest BCUT2D eigenvalue weighted by molar-refractivity contribution is 7.60. The third-order valence-electron chi connectivity index (χ3n) is 5.38. The van der Waals surface area contributed by atoms with Gasteiger partial charge >= 0.3 is 27.7 Å². The largest absolute Gasteiger partial charge is 0.573 e. The normalized spacial score (nSPS) is 23.4. The second kappa shape index (κ2) is 10.8. The molecule has 5 N–H and O–H groups in total. The second-order valence-electron chi connectivity index (χ2n) is 8.15. The molecule has 1 aliphatic heterocycles. The van der Waals surface area contributed by atoms with E-state index in [0.29, 0.717) is 9.13 Å². The molecule has 0 radical (unpaired) electrons. The fourth-order valence-electron chi connectivity index (χ4n) is 3.72. The van der Waals surface area contributed by atoms with Gasteiger partial charge in [-0.25, -0.2) is 13.9 Å². The molecule has 40 heavy (non-hydrogen) atoms. The number of nitrogens with zero attached hydrogens (tertiary/aromatic N) is 3. The van der Waals surface area contributed by atoms with Crippen LogP contribution in [0, 0.1) is 0 Å². The highest BCUT2D eigenvalue weighted by Gasteiger charge is 2.46. The van der Waals surface area contributed by atoms with Crippen molar-refractivity contribution in [3.8, 4) is 5.75 Å². The zero-order valence-electron chi connectivity index (χ0n) is 19.4. The molecule has 5 atom stereocenters. The average Bonchev–Trinajstić information content (AvgIpc) is 3.33. The van der Waals surface area contributed by atoms with Crippen LogP contribution in [0.15, 0.2) is 44.6 Å². The summed E-state index contributed by atoms with van der Waals surface area (Å²) in [5.41, 5.74) is -2.16. The molecule has 0 saturated carbocycles. The minimum Gasteiger partial charge on any atom is -0.406 e. The molecule has 1 saturated heterocycles. The minimum atomic E-state index is -5.44. The Balaban J connectivity index is 1.58. The Morgan fingerprint density at radius 1 is 1.07 bits per heavy atom. The monoisotopic (exact) mass is 619 g/mol. The number of hydrogen-bond donors (Lipinski definition) is 5. The summed E-state index contributed by atoms with van der Waals surface area (Å²) in [5, 5.41) is 24.3. The van der Waals surface area contributed by atoms with E-state index in [1.165, 1.54) is 0 Å². The minimum absolute atomic E-state index is 0.0123. The van der Waals surface area contributed by atoms with E-state index >= 15 is 0 Å². The first-order valence-corrected chi connectivity index (χ1v) is 13.7. The zero-order chi connectivity index (χ0) is 29.6. The molecule has 3 aromatic rings. The number of halogens is 3. The van der Waals surface area contributed by atoms with Crippen LogP contribution in [-0.2, 0) is 29.2 Å². The second-order valence-corrected chi connectivity index (χ2v) is 11.0. The Morgan fingerprint density at radius 2 is 1.77 bits per heavy atom. The highest BCUT2D eigenvalue weighted by atomic mass is 31.3. The van der Waals surface area contributed by atoms with Crippen molar-refractivity contribution in [2.24, 2.45) is 0 Å². The quantitative estimate of drug-likeness (QED) is 0.197. The predicted octanol–water partition coefficient (Wildman–Crippen LogP) is -0.0564. The lowest BCUT2D eigenvalue weighted by Crippen LogP contribution is -2.43. The van der Waals surface area contributed by atoms with Crippen LogP contribution in [0.3, 0.4) is 0 Å². The SMILES string of the molecule is O=c1ccn([C@@H]2O[C@H](COP(=O)(O)OP(=O)(O)O)C(O)[C@@H]2O)c(=O)n1Cc1noc2ccc(OC(F)(F)F)cc12. The Labute approximate surface area is 218 Å². The Hall–Kier alpha value is -2.90. The van der Waals surface area contributed by atoms with Gasteiger partial charge in [-0.2, -0.15) is 4.31 Å². The van der Waals surface area contributed by atoms with Crippen molar-refractivity contribution in [2.45, 2.75) is 37.4 Å². The molecule has 3 heterocycles. The maximum Gasteiger partial charge on any atom is 0.573 e. The summed E-state index contributed by atoms with van der Waals surface area (Å²) < 4.78 is 83.6. The highest BCUT2D eigenvalue weighted by Crippen LogP contribution is 2.57. The first-order valence-electron chi connectivity index (χ1n) is 10.7. The summed E-state index contributed by atoms with van der Waals surface area (Å²) in [6.07, 6.45) is -11.2. The molecule has 2 unspecified atom stereocenters. The van der Waals surface area contributed by atoms with E-state index in [0.717, 1.165) is 30.5 Å². The number of fused-ring (bicyclic) bond motifs is 1. The number of ether oxygens (including phenoxy) is 2. The van der Waals surface area contributed by atoms with E-state index in [-0.39, 0.29) is 16.7 Å². The lowest BCUT2D eigenvalue weighted by molar-refractivity contribution is -0.274. The molecule has 1 aliphatic rings. The van der Waals surface area contributed by atoms with Gasteiger partial charge in [0.1, 0.15) is 29.8 Å². The molecule has 1 aromatic carbocycles. The van der Waals surface area contributed by atoms with Gasteiger partial charge in [-0.05, 0) is 18.2 Å². The number of aromatic nitrogens is 3. The van der Waals surface area contributed by atoms with E-state index in [2.05, 4.69) is 18.7 Å². The van der Waals surface area contributed by atoms with Gasteiger partial charge < -0.3 is 38.9 Å². The van der Waals surface area contributed by atoms with Crippen molar-refractivity contribution in [1.29, 1.82) is 0 Å². The summed E-state index contributed by atoms with van der Waals surface area (Å²) in [7, 11) is -10.8. The molecule has 2 aromatic heterocycles. The molecule has 17 nitrogen and oxygen atoms in total. The van der Waals surface area contributed by atoms with E-state index in [9.17, 15) is 47.0 Å². The topological polar surface area (TPSA) is 242 Å². The lowest BCUT2D eigenvalue weighted by Gasteiger charge is -2.19. The maximum atomic E-state index is 13.1. The van der Waals surface area contributed by atoms with Crippen molar-refractivity contribution in [2.75, 3.05) is 6.61 Å². The Bertz CT molecular complexity index is 1610. The fraction of sp³-hybridized carbons (Fsp3) is 0.389. The molecule has 0 aliphatic carbocycles. The number of phosphoric acid groups is 2. The van der Waals surface area contributed by atoms with Crippen LogP contribution >= 0.6 is 15.6 Å². The van der Waals surface area contributed by atoms with Gasteiger partial charge in [-0.3, -0.25) is 18.5 Å². The summed E-state index contributed by atoms with van der Waals surface area (Å²) in [5.74, 6) is -0.620. The Kier molecular flexibility index (Phi) is 8.14. The van der Waals surface area contributed by atoms with Crippen LogP contribution in [0.25, 0.3) is 11.0 Å². The van der Waals surface area contributed by atoms with Crippen molar-refractivity contribution in [3.05, 3.63) is 57.0 Å². The van der Waals surface area contributed by atoms with E-state index < -0.39 is 76.7 Å². The van der Waals surface area contributed by atoms with Gasteiger partial charge in [0.15, 0.2) is 11.8 Å². The summed E-state index contributed by atoms with van der Waals surface area (Å²) in [6.45, 7) is -1.66. The molecule has 22 heteroatoms. The zero-order valence-corrected chi connectivity index (χ0v) is 21.2. The number of alkyl halides is 3. The van der Waals surface area contributed by atoms with Crippen molar-refractivity contribution >= 4 is 26.6 Å². The first-order chi connectivity index (χ1) is 18.4. The van der Waals surface area contributed by atoms with Gasteiger partial charge in [-0.15, -0.1) is 13.2 Å². The number of aliphatic hydroxyl groups excluding tert-OH is 2. The predicted molar refractivity (Wildman–Crippen MR) is 120 cm³/mol. The van der Waals surface area contributed by atoms with Crippen LogP contribution < -0.4 is 16.0 Å². The van der Waals surface area contributed by atoms with Crippen molar-refractivity contribution < 1.29 is 70.0 Å². The van der Waals surface area contributed by atoms with Crippen LogP contribution in [0.1, 0.15) is 11.9 Å². The lowest BCUT2D eigenvalue weighted by atomic mass is 10.1. The van der Waals surface area contributed by atoms with Gasteiger partial charge in [0, 0.05) is 12.3 Å². The standard InChI is InChI=1S/C18H18F3N3O14P2/c19-18(20,21)36-8-1-2-11-9(5-8)10(22-37-11)6-24-13(25)3-4-23(17(24)28)16-15(27)14(26)12(35-16)7-34-40(32,33)38-39(29,30)31/h1-5,12,14-16,26-27H,6-7H2,(H,32,33)(H2,29,30,31)/t12-,14?,15+,16-/m1/s1. The molecule has 4 rings (SSSR count). The van der Waals surface area contributed by atoms with Crippen molar-refractivity contribution in [1.82, 2.24) is 14.3 Å². The number of rotatable bonds is 9. The van der Waals surface area contributed by atoms with Crippen LogP contribution in [0.4, 0.5) is 13.2 Å². The fourth-order valence-corrected chi connectivity index (χ4v) is 5.32. The van der Waals surface area contributed by atoms with E-state index in [4.69, 9.17) is 19.0 Å². The molecule has 0 spiro atoms. The third kappa shape index (κ3) is 6.87. The smallest absolute Gasteiger partial charge is 0.406 e.